The van der Waals surface area contributed by atoms with Crippen LogP contribution in [-0.4, -0.2) is 53.6 Å². The van der Waals surface area contributed by atoms with Crippen LogP contribution in [0.3, 0.4) is 0 Å². The van der Waals surface area contributed by atoms with E-state index in [-0.39, 0.29) is 24.7 Å². The van der Waals surface area contributed by atoms with Crippen LogP contribution in [0.25, 0.3) is 0 Å². The third-order valence-corrected chi connectivity index (χ3v) is 3.48. The van der Waals surface area contributed by atoms with Crippen LogP contribution in [0.4, 0.5) is 4.79 Å². The molecule has 1 saturated heterocycles. The number of amides is 2. The van der Waals surface area contributed by atoms with E-state index < -0.39 is 12.2 Å². The smallest absolute Gasteiger partial charge is 0.315 e. The Labute approximate surface area is 130 Å². The molecule has 22 heavy (non-hydrogen) atoms. The van der Waals surface area contributed by atoms with E-state index in [0.717, 1.165) is 5.56 Å². The molecular formula is C15H24N4O3. The van der Waals surface area contributed by atoms with Crippen molar-refractivity contribution in [2.75, 3.05) is 13.2 Å². The highest BCUT2D eigenvalue weighted by atomic mass is 16.5. The van der Waals surface area contributed by atoms with Crippen molar-refractivity contribution in [2.45, 2.75) is 44.7 Å². The van der Waals surface area contributed by atoms with Gasteiger partial charge >= 0.3 is 6.03 Å². The van der Waals surface area contributed by atoms with Crippen LogP contribution in [0.1, 0.15) is 19.4 Å². The average Bonchev–Trinajstić information content (AvgIpc) is 2.84. The maximum Gasteiger partial charge on any atom is 0.315 e. The van der Waals surface area contributed by atoms with Gasteiger partial charge in [-0.05, 0) is 31.5 Å². The summed E-state index contributed by atoms with van der Waals surface area (Å²) in [5.74, 6) is 0. The van der Waals surface area contributed by atoms with E-state index in [1.54, 1.807) is 12.4 Å². The zero-order valence-electron chi connectivity index (χ0n) is 13.0. The Morgan fingerprint density at radius 1 is 1.45 bits per heavy atom. The van der Waals surface area contributed by atoms with Crippen molar-refractivity contribution in [2.24, 2.45) is 0 Å². The second kappa shape index (κ2) is 8.07. The molecule has 0 spiro atoms. The van der Waals surface area contributed by atoms with Crippen molar-refractivity contribution in [3.05, 3.63) is 30.1 Å². The van der Waals surface area contributed by atoms with Gasteiger partial charge in [-0.3, -0.25) is 4.98 Å². The summed E-state index contributed by atoms with van der Waals surface area (Å²) >= 11 is 0. The fourth-order valence-corrected chi connectivity index (χ4v) is 2.30. The molecule has 2 rings (SSSR count). The number of aromatic nitrogens is 1. The summed E-state index contributed by atoms with van der Waals surface area (Å²) in [4.78, 5) is 15.5. The summed E-state index contributed by atoms with van der Waals surface area (Å²) in [6, 6.07) is 3.52. The van der Waals surface area contributed by atoms with E-state index in [4.69, 9.17) is 4.74 Å². The van der Waals surface area contributed by atoms with Crippen molar-refractivity contribution < 1.29 is 14.6 Å². The lowest BCUT2D eigenvalue weighted by atomic mass is 10.1. The van der Waals surface area contributed by atoms with Crippen LogP contribution in [-0.2, 0) is 11.3 Å². The second-order valence-corrected chi connectivity index (χ2v) is 5.71. The van der Waals surface area contributed by atoms with Gasteiger partial charge < -0.3 is 25.8 Å². The summed E-state index contributed by atoms with van der Waals surface area (Å²) in [5, 5.41) is 19.0. The van der Waals surface area contributed by atoms with E-state index in [2.05, 4.69) is 20.9 Å². The first-order valence-electron chi connectivity index (χ1n) is 7.52. The Hall–Kier alpha value is -1.70. The number of hydrogen-bond acceptors (Lipinski definition) is 5. The van der Waals surface area contributed by atoms with Gasteiger partial charge in [-0.2, -0.15) is 0 Å². The van der Waals surface area contributed by atoms with Crippen molar-refractivity contribution in [1.29, 1.82) is 0 Å². The zero-order valence-corrected chi connectivity index (χ0v) is 13.0. The van der Waals surface area contributed by atoms with Gasteiger partial charge in [0.15, 0.2) is 0 Å². The first-order valence-corrected chi connectivity index (χ1v) is 7.52. The molecule has 4 N–H and O–H groups in total. The maximum atomic E-state index is 11.5. The molecule has 1 aliphatic rings. The highest BCUT2D eigenvalue weighted by molar-refractivity contribution is 5.74. The van der Waals surface area contributed by atoms with Gasteiger partial charge in [-0.1, -0.05) is 0 Å². The van der Waals surface area contributed by atoms with E-state index in [1.807, 2.05) is 26.0 Å². The van der Waals surface area contributed by atoms with Crippen LogP contribution in [0.2, 0.25) is 0 Å². The van der Waals surface area contributed by atoms with Gasteiger partial charge in [0.05, 0.1) is 18.8 Å². The molecule has 1 aromatic rings. The molecule has 7 heteroatoms. The minimum absolute atomic E-state index is 0.0733. The Morgan fingerprint density at radius 2 is 2.18 bits per heavy atom. The summed E-state index contributed by atoms with van der Waals surface area (Å²) in [6.07, 6.45) is 2.42. The summed E-state index contributed by atoms with van der Waals surface area (Å²) in [7, 11) is 0. The monoisotopic (exact) mass is 308 g/mol. The predicted molar refractivity (Wildman–Crippen MR) is 82.3 cm³/mol. The summed E-state index contributed by atoms with van der Waals surface area (Å²) in [5.41, 5.74) is 1.10. The number of hydrogen-bond donors (Lipinski definition) is 4. The fourth-order valence-electron chi connectivity index (χ4n) is 2.30. The molecule has 0 aliphatic carbocycles. The van der Waals surface area contributed by atoms with Gasteiger partial charge in [0.25, 0.3) is 0 Å². The van der Waals surface area contributed by atoms with E-state index in [9.17, 15) is 9.90 Å². The van der Waals surface area contributed by atoms with Crippen molar-refractivity contribution in [3.8, 4) is 0 Å². The minimum Gasteiger partial charge on any atom is -0.389 e. The van der Waals surface area contributed by atoms with Crippen molar-refractivity contribution in [3.63, 3.8) is 0 Å². The maximum absolute atomic E-state index is 11.5. The lowest BCUT2D eigenvalue weighted by molar-refractivity contribution is 0.0425. The molecule has 1 aromatic heterocycles. The third kappa shape index (κ3) is 4.94. The largest absolute Gasteiger partial charge is 0.389 e. The summed E-state index contributed by atoms with van der Waals surface area (Å²) in [6.45, 7) is 5.12. The third-order valence-electron chi connectivity index (χ3n) is 3.48. The molecule has 122 valence electrons. The van der Waals surface area contributed by atoms with E-state index in [1.165, 1.54) is 0 Å². The molecule has 7 nitrogen and oxygen atoms in total. The van der Waals surface area contributed by atoms with Gasteiger partial charge in [-0.25, -0.2) is 4.79 Å². The highest BCUT2D eigenvalue weighted by Gasteiger charge is 2.35. The quantitative estimate of drug-likeness (QED) is 0.594. The Kier molecular flexibility index (Phi) is 6.11. The average molecular weight is 308 g/mol. The van der Waals surface area contributed by atoms with Gasteiger partial charge in [0.1, 0.15) is 6.10 Å². The normalized spacial score (nSPS) is 24.5. The van der Waals surface area contributed by atoms with Crippen LogP contribution in [0.5, 0.6) is 0 Å². The molecule has 3 atom stereocenters. The van der Waals surface area contributed by atoms with Crippen LogP contribution < -0.4 is 16.0 Å². The Bertz CT molecular complexity index is 469. The topological polar surface area (TPSA) is 95.5 Å². The minimum atomic E-state index is -0.652. The first kappa shape index (κ1) is 16.7. The number of pyridine rings is 1. The van der Waals surface area contributed by atoms with Crippen LogP contribution in [0, 0.1) is 0 Å². The molecule has 2 amide bonds. The first-order chi connectivity index (χ1) is 10.6. The molecule has 0 unspecified atom stereocenters. The number of urea groups is 1. The molecule has 2 heterocycles. The SMILES string of the molecule is CC(C)NC(=O)NC[C@H]1OC[C@@H](NCc2ccncc2)[C@@H]1O. The number of rotatable bonds is 6. The number of ether oxygens (including phenoxy) is 1. The Balaban J connectivity index is 1.72. The van der Waals surface area contributed by atoms with Crippen molar-refractivity contribution >= 4 is 6.03 Å². The molecule has 0 saturated carbocycles. The van der Waals surface area contributed by atoms with Gasteiger partial charge in [-0.15, -0.1) is 0 Å². The summed E-state index contributed by atoms with van der Waals surface area (Å²) < 4.78 is 5.55. The molecule has 1 fully saturated rings. The highest BCUT2D eigenvalue weighted by Crippen LogP contribution is 2.14. The van der Waals surface area contributed by atoms with E-state index in [0.29, 0.717) is 13.2 Å². The predicted octanol–water partition coefficient (Wildman–Crippen LogP) is 0.00710. The second-order valence-electron chi connectivity index (χ2n) is 5.71. The zero-order chi connectivity index (χ0) is 15.9. The lowest BCUT2D eigenvalue weighted by Gasteiger charge is -2.19. The number of nitrogens with one attached hydrogen (secondary N) is 3. The van der Waals surface area contributed by atoms with Crippen LogP contribution >= 0.6 is 0 Å². The number of aliphatic hydroxyl groups excluding tert-OH is 1. The van der Waals surface area contributed by atoms with Gasteiger partial charge in [0, 0.05) is 31.5 Å². The van der Waals surface area contributed by atoms with Crippen LogP contribution in [0.15, 0.2) is 24.5 Å². The number of carbonyl (C=O) groups excluding carboxylic acids is 1. The number of nitrogens with zero attached hydrogens (tertiary/aromatic N) is 1. The molecule has 0 radical (unpaired) electrons. The number of aliphatic hydroxyl groups is 1. The van der Waals surface area contributed by atoms with Crippen molar-refractivity contribution in [1.82, 2.24) is 20.9 Å². The van der Waals surface area contributed by atoms with Gasteiger partial charge in [0.2, 0.25) is 0 Å². The molecule has 0 aromatic carbocycles. The molecular weight excluding hydrogens is 284 g/mol. The fraction of sp³-hybridized carbons (Fsp3) is 0.600. The molecule has 0 bridgehead atoms. The molecule has 1 aliphatic heterocycles. The lowest BCUT2D eigenvalue weighted by Crippen LogP contribution is -2.47. The number of carbonyl (C=O) groups is 1. The van der Waals surface area contributed by atoms with E-state index >= 15 is 0 Å². The standard InChI is InChI=1S/C15H24N4O3/c1-10(2)19-15(21)18-8-13-14(20)12(9-22-13)17-7-11-3-5-16-6-4-11/h3-6,10,12-14,17,20H,7-9H2,1-2H3,(H2,18,19,21)/t12-,13-,14+/m1/s1. The Morgan fingerprint density at radius 3 is 2.86 bits per heavy atom.